The van der Waals surface area contributed by atoms with Crippen LogP contribution >= 0.6 is 0 Å². The highest BCUT2D eigenvalue weighted by atomic mass is 16.5. The van der Waals surface area contributed by atoms with Crippen molar-refractivity contribution in [2.45, 2.75) is 37.8 Å². The van der Waals surface area contributed by atoms with E-state index >= 15 is 0 Å². The predicted molar refractivity (Wildman–Crippen MR) is 93.6 cm³/mol. The van der Waals surface area contributed by atoms with Crippen LogP contribution in [0.25, 0.3) is 0 Å². The lowest BCUT2D eigenvalue weighted by molar-refractivity contribution is 0.0239. The van der Waals surface area contributed by atoms with Crippen LogP contribution in [0.4, 0.5) is 0 Å². The number of rotatable bonds is 5. The van der Waals surface area contributed by atoms with Crippen LogP contribution < -0.4 is 10.1 Å². The maximum absolute atomic E-state index is 12.7. The summed E-state index contributed by atoms with van der Waals surface area (Å²) >= 11 is 0. The molecule has 0 radical (unpaired) electrons. The number of aliphatic hydroxyl groups excluding tert-OH is 1. The highest BCUT2D eigenvalue weighted by molar-refractivity contribution is 5.94. The molecule has 25 heavy (non-hydrogen) atoms. The van der Waals surface area contributed by atoms with Crippen molar-refractivity contribution in [1.29, 1.82) is 0 Å². The Morgan fingerprint density at radius 1 is 1.28 bits per heavy atom. The second-order valence-corrected chi connectivity index (χ2v) is 6.95. The number of fused-ring (bicyclic) bond motifs is 1. The third-order valence-electron chi connectivity index (χ3n) is 5.19. The third kappa shape index (κ3) is 3.51. The largest absolute Gasteiger partial charge is 0.493 e. The molecule has 1 amide bonds. The molecule has 0 unspecified atom stereocenters. The lowest BCUT2D eigenvalue weighted by Crippen LogP contribution is -2.48. The van der Waals surface area contributed by atoms with E-state index in [0.29, 0.717) is 18.1 Å². The zero-order valence-corrected chi connectivity index (χ0v) is 14.0. The van der Waals surface area contributed by atoms with E-state index in [2.05, 4.69) is 10.3 Å². The monoisotopic (exact) mass is 338 g/mol. The van der Waals surface area contributed by atoms with Crippen molar-refractivity contribution in [3.63, 3.8) is 0 Å². The fourth-order valence-corrected chi connectivity index (χ4v) is 3.65. The summed E-state index contributed by atoms with van der Waals surface area (Å²) in [6.07, 6.45) is 6.39. The van der Waals surface area contributed by atoms with Gasteiger partial charge in [0.15, 0.2) is 0 Å². The molecular formula is C20H22N2O3. The quantitative estimate of drug-likeness (QED) is 0.876. The first-order chi connectivity index (χ1) is 12.2. The van der Waals surface area contributed by atoms with Crippen molar-refractivity contribution in [3.8, 4) is 5.75 Å². The summed E-state index contributed by atoms with van der Waals surface area (Å²) in [4.78, 5) is 16.8. The lowest BCUT2D eigenvalue weighted by Gasteiger charge is -2.38. The molecule has 130 valence electrons. The van der Waals surface area contributed by atoms with Gasteiger partial charge in [0, 0.05) is 30.4 Å². The number of benzene rings is 1. The van der Waals surface area contributed by atoms with E-state index in [0.717, 1.165) is 42.6 Å². The van der Waals surface area contributed by atoms with Crippen LogP contribution in [0.1, 0.15) is 34.3 Å². The fourth-order valence-electron chi connectivity index (χ4n) is 3.65. The van der Waals surface area contributed by atoms with Crippen molar-refractivity contribution < 1.29 is 14.6 Å². The summed E-state index contributed by atoms with van der Waals surface area (Å²) in [7, 11) is 0. The maximum atomic E-state index is 12.7. The van der Waals surface area contributed by atoms with E-state index in [9.17, 15) is 9.90 Å². The van der Waals surface area contributed by atoms with E-state index in [4.69, 9.17) is 4.74 Å². The molecule has 5 heteroatoms. The zero-order chi connectivity index (χ0) is 17.2. The molecule has 1 aliphatic heterocycles. The van der Waals surface area contributed by atoms with Gasteiger partial charge in [0.2, 0.25) is 0 Å². The second kappa shape index (κ2) is 6.84. The minimum absolute atomic E-state index is 0.0165. The number of aliphatic hydroxyl groups is 1. The molecule has 1 saturated carbocycles. The molecule has 0 saturated heterocycles. The van der Waals surface area contributed by atoms with Crippen LogP contribution in [-0.2, 0) is 12.8 Å². The summed E-state index contributed by atoms with van der Waals surface area (Å²) in [5.41, 5.74) is 2.91. The number of carbonyl (C=O) groups excluding carboxylic acids is 1. The smallest absolute Gasteiger partial charge is 0.251 e. The van der Waals surface area contributed by atoms with E-state index in [1.807, 2.05) is 30.3 Å². The summed E-state index contributed by atoms with van der Waals surface area (Å²) in [5.74, 6) is 1.13. The number of nitrogens with one attached hydrogen (secondary N) is 1. The maximum Gasteiger partial charge on any atom is 0.251 e. The molecule has 2 aromatic rings. The average molecular weight is 338 g/mol. The second-order valence-electron chi connectivity index (χ2n) is 6.95. The van der Waals surface area contributed by atoms with Gasteiger partial charge in [0.1, 0.15) is 5.75 Å². The number of hydrogen-bond donors (Lipinski definition) is 2. The first kappa shape index (κ1) is 16.1. The van der Waals surface area contributed by atoms with Crippen molar-refractivity contribution in [2.75, 3.05) is 6.61 Å². The van der Waals surface area contributed by atoms with Crippen LogP contribution in [0.2, 0.25) is 0 Å². The van der Waals surface area contributed by atoms with Crippen molar-refractivity contribution >= 4 is 5.91 Å². The van der Waals surface area contributed by atoms with E-state index < -0.39 is 0 Å². The van der Waals surface area contributed by atoms with Crippen molar-refractivity contribution in [1.82, 2.24) is 10.3 Å². The van der Waals surface area contributed by atoms with Gasteiger partial charge in [-0.3, -0.25) is 9.78 Å². The minimum atomic E-state index is -0.237. The molecule has 2 N–H and O–H groups in total. The minimum Gasteiger partial charge on any atom is -0.493 e. The van der Waals surface area contributed by atoms with Gasteiger partial charge >= 0.3 is 0 Å². The summed E-state index contributed by atoms with van der Waals surface area (Å²) < 4.78 is 5.50. The Morgan fingerprint density at radius 2 is 2.08 bits per heavy atom. The molecule has 0 spiro atoms. The molecule has 1 aromatic carbocycles. The number of nitrogens with zero attached hydrogens (tertiary/aromatic N) is 1. The molecule has 5 nitrogen and oxygen atoms in total. The molecule has 1 aliphatic carbocycles. The highest BCUT2D eigenvalue weighted by Gasteiger charge is 2.35. The van der Waals surface area contributed by atoms with E-state index in [-0.39, 0.29) is 18.1 Å². The Balaban J connectivity index is 1.48. The number of hydrogen-bond acceptors (Lipinski definition) is 4. The summed E-state index contributed by atoms with van der Waals surface area (Å²) in [6, 6.07) is 9.59. The molecule has 0 bridgehead atoms. The van der Waals surface area contributed by atoms with Gasteiger partial charge in [-0.1, -0.05) is 0 Å². The van der Waals surface area contributed by atoms with Crippen LogP contribution in [0.5, 0.6) is 5.75 Å². The summed E-state index contributed by atoms with van der Waals surface area (Å²) in [5, 5.41) is 12.8. The van der Waals surface area contributed by atoms with Gasteiger partial charge in [-0.15, -0.1) is 0 Å². The highest BCUT2D eigenvalue weighted by Crippen LogP contribution is 2.32. The lowest BCUT2D eigenvalue weighted by atomic mass is 9.75. The molecular weight excluding hydrogens is 316 g/mol. The van der Waals surface area contributed by atoms with Crippen molar-refractivity contribution in [2.24, 2.45) is 5.92 Å². The Morgan fingerprint density at radius 3 is 2.84 bits per heavy atom. The Labute approximate surface area is 147 Å². The number of amides is 1. The van der Waals surface area contributed by atoms with E-state index in [1.165, 1.54) is 0 Å². The first-order valence-electron chi connectivity index (χ1n) is 8.82. The number of ether oxygens (including phenoxy) is 1. The third-order valence-corrected chi connectivity index (χ3v) is 5.19. The number of carbonyl (C=O) groups is 1. The van der Waals surface area contributed by atoms with Crippen LogP contribution in [0, 0.1) is 5.92 Å². The van der Waals surface area contributed by atoms with Gasteiger partial charge in [0.05, 0.1) is 12.7 Å². The van der Waals surface area contributed by atoms with Crippen LogP contribution in [0.3, 0.4) is 0 Å². The number of pyridine rings is 1. The molecule has 1 aromatic heterocycles. The SMILES string of the molecule is O=C(N[C@H](Cc1ccncc1)C1CC(O)C1)c1ccc2c(c1)CCO2. The van der Waals surface area contributed by atoms with Gasteiger partial charge < -0.3 is 15.2 Å². The molecule has 2 heterocycles. The van der Waals surface area contributed by atoms with Crippen LogP contribution in [0.15, 0.2) is 42.7 Å². The first-order valence-corrected chi connectivity index (χ1v) is 8.82. The Hall–Kier alpha value is -2.40. The van der Waals surface area contributed by atoms with Gasteiger partial charge in [-0.2, -0.15) is 0 Å². The molecule has 2 aliphatic rings. The Bertz CT molecular complexity index is 757. The topological polar surface area (TPSA) is 71.5 Å². The fraction of sp³-hybridized carbons (Fsp3) is 0.400. The number of aromatic nitrogens is 1. The van der Waals surface area contributed by atoms with E-state index in [1.54, 1.807) is 12.4 Å². The standard InChI is InChI=1S/C20H22N2O3/c23-17-11-16(12-17)18(9-13-3-6-21-7-4-13)22-20(24)15-1-2-19-14(10-15)5-8-25-19/h1-4,6-7,10,16-18,23H,5,8-9,11-12H2,(H,22,24)/t16?,17?,18-/m1/s1. The molecule has 4 rings (SSSR count). The van der Waals surface area contributed by atoms with Gasteiger partial charge in [-0.05, 0) is 66.6 Å². The Kier molecular flexibility index (Phi) is 4.40. The molecule has 1 fully saturated rings. The van der Waals surface area contributed by atoms with Gasteiger partial charge in [0.25, 0.3) is 5.91 Å². The van der Waals surface area contributed by atoms with Gasteiger partial charge in [-0.25, -0.2) is 0 Å². The predicted octanol–water partition coefficient (Wildman–Crippen LogP) is 2.13. The van der Waals surface area contributed by atoms with Crippen LogP contribution in [-0.4, -0.2) is 34.8 Å². The van der Waals surface area contributed by atoms with Crippen molar-refractivity contribution in [3.05, 3.63) is 59.4 Å². The average Bonchev–Trinajstić information content (AvgIpc) is 3.07. The zero-order valence-electron chi connectivity index (χ0n) is 14.0. The normalized spacial score (nSPS) is 22.4. The molecule has 1 atom stereocenters. The summed E-state index contributed by atoms with van der Waals surface area (Å²) in [6.45, 7) is 0.686.